The highest BCUT2D eigenvalue weighted by Crippen LogP contribution is 2.23. The first-order chi connectivity index (χ1) is 8.45. The van der Waals surface area contributed by atoms with Gasteiger partial charge in [0.25, 0.3) is 0 Å². The molecule has 18 heavy (non-hydrogen) atoms. The predicted molar refractivity (Wildman–Crippen MR) is 79.8 cm³/mol. The molecule has 0 aliphatic carbocycles. The van der Waals surface area contributed by atoms with Crippen molar-refractivity contribution in [3.8, 4) is 0 Å². The van der Waals surface area contributed by atoms with Gasteiger partial charge in [0.2, 0.25) is 0 Å². The van der Waals surface area contributed by atoms with E-state index in [0.29, 0.717) is 6.04 Å². The lowest BCUT2D eigenvalue weighted by Crippen LogP contribution is -2.20. The first kappa shape index (κ1) is 15.2. The van der Waals surface area contributed by atoms with Gasteiger partial charge < -0.3 is 11.1 Å². The average Bonchev–Trinajstić information content (AvgIpc) is 2.33. The van der Waals surface area contributed by atoms with Gasteiger partial charge in [-0.25, -0.2) is 0 Å². The zero-order valence-corrected chi connectivity index (χ0v) is 12.3. The molecule has 2 nitrogen and oxygen atoms in total. The molecule has 1 unspecified atom stereocenters. The van der Waals surface area contributed by atoms with Gasteiger partial charge in [-0.2, -0.15) is 0 Å². The van der Waals surface area contributed by atoms with Gasteiger partial charge in [-0.05, 0) is 49.4 Å². The summed E-state index contributed by atoms with van der Waals surface area (Å²) in [6.07, 6.45) is 2.25. The molecule has 0 saturated heterocycles. The molecular weight excluding hydrogens is 220 g/mol. The number of benzene rings is 1. The monoisotopic (exact) mass is 248 g/mol. The molecule has 0 aromatic heterocycles. The standard InChI is InChI=1S/C16H28N2/c1-13(18-12-6-5-11-17)14-7-9-15(10-8-14)16(2,3)4/h7-10,13,18H,5-6,11-12,17H2,1-4H3. The first-order valence-electron chi connectivity index (χ1n) is 6.99. The zero-order valence-electron chi connectivity index (χ0n) is 12.3. The van der Waals surface area contributed by atoms with Crippen LogP contribution < -0.4 is 11.1 Å². The minimum Gasteiger partial charge on any atom is -0.330 e. The van der Waals surface area contributed by atoms with E-state index in [4.69, 9.17) is 5.73 Å². The van der Waals surface area contributed by atoms with E-state index in [2.05, 4.69) is 57.3 Å². The zero-order chi connectivity index (χ0) is 13.6. The molecule has 0 fully saturated rings. The van der Waals surface area contributed by atoms with Crippen LogP contribution in [0.2, 0.25) is 0 Å². The molecule has 0 aliphatic rings. The van der Waals surface area contributed by atoms with Crippen LogP contribution in [0.25, 0.3) is 0 Å². The summed E-state index contributed by atoms with van der Waals surface area (Å²) in [7, 11) is 0. The van der Waals surface area contributed by atoms with Crippen molar-refractivity contribution in [3.05, 3.63) is 35.4 Å². The third kappa shape index (κ3) is 4.79. The van der Waals surface area contributed by atoms with E-state index in [9.17, 15) is 0 Å². The molecule has 2 heteroatoms. The Kier molecular flexibility index (Phi) is 5.83. The summed E-state index contributed by atoms with van der Waals surface area (Å²) >= 11 is 0. The third-order valence-corrected chi connectivity index (χ3v) is 3.36. The normalized spacial score (nSPS) is 13.6. The molecule has 3 N–H and O–H groups in total. The van der Waals surface area contributed by atoms with Gasteiger partial charge in [0.1, 0.15) is 0 Å². The van der Waals surface area contributed by atoms with Gasteiger partial charge in [0, 0.05) is 6.04 Å². The van der Waals surface area contributed by atoms with Crippen molar-refractivity contribution in [2.75, 3.05) is 13.1 Å². The van der Waals surface area contributed by atoms with Gasteiger partial charge in [-0.1, -0.05) is 45.0 Å². The van der Waals surface area contributed by atoms with Crippen LogP contribution in [0, 0.1) is 0 Å². The van der Waals surface area contributed by atoms with Gasteiger partial charge in [0.05, 0.1) is 0 Å². The number of hydrogen-bond acceptors (Lipinski definition) is 2. The Bertz CT molecular complexity index is 335. The highest BCUT2D eigenvalue weighted by atomic mass is 14.9. The highest BCUT2D eigenvalue weighted by Gasteiger charge is 2.13. The number of hydrogen-bond donors (Lipinski definition) is 2. The van der Waals surface area contributed by atoms with Crippen LogP contribution >= 0.6 is 0 Å². The molecule has 0 aliphatic heterocycles. The molecule has 0 heterocycles. The SMILES string of the molecule is CC(NCCCCN)c1ccc(C(C)(C)C)cc1. The second kappa shape index (κ2) is 6.91. The summed E-state index contributed by atoms with van der Waals surface area (Å²) in [5.41, 5.74) is 8.47. The third-order valence-electron chi connectivity index (χ3n) is 3.36. The maximum atomic E-state index is 5.49. The molecule has 1 atom stereocenters. The van der Waals surface area contributed by atoms with Crippen molar-refractivity contribution in [1.82, 2.24) is 5.32 Å². The van der Waals surface area contributed by atoms with Gasteiger partial charge in [0.15, 0.2) is 0 Å². The van der Waals surface area contributed by atoms with Crippen molar-refractivity contribution in [3.63, 3.8) is 0 Å². The summed E-state index contributed by atoms with van der Waals surface area (Å²) < 4.78 is 0. The lowest BCUT2D eigenvalue weighted by Gasteiger charge is -2.20. The molecule has 1 aromatic carbocycles. The van der Waals surface area contributed by atoms with E-state index in [1.165, 1.54) is 11.1 Å². The predicted octanol–water partition coefficient (Wildman–Crippen LogP) is 3.37. The Morgan fingerprint density at radius 2 is 1.72 bits per heavy atom. The molecule has 102 valence electrons. The second-order valence-corrected chi connectivity index (χ2v) is 6.04. The Morgan fingerprint density at radius 1 is 1.11 bits per heavy atom. The maximum absolute atomic E-state index is 5.49. The average molecular weight is 248 g/mol. The van der Waals surface area contributed by atoms with Crippen molar-refractivity contribution >= 4 is 0 Å². The van der Waals surface area contributed by atoms with Crippen LogP contribution in [-0.2, 0) is 5.41 Å². The summed E-state index contributed by atoms with van der Waals surface area (Å²) in [6, 6.07) is 9.38. The van der Waals surface area contributed by atoms with E-state index in [-0.39, 0.29) is 5.41 Å². The van der Waals surface area contributed by atoms with Crippen molar-refractivity contribution in [1.29, 1.82) is 0 Å². The fourth-order valence-electron chi connectivity index (χ4n) is 1.98. The molecule has 0 amide bonds. The molecular formula is C16H28N2. The summed E-state index contributed by atoms with van der Waals surface area (Å²) in [5.74, 6) is 0. The molecule has 0 spiro atoms. The smallest absolute Gasteiger partial charge is 0.0291 e. The summed E-state index contributed by atoms with van der Waals surface area (Å²) in [5, 5.41) is 3.54. The van der Waals surface area contributed by atoms with Crippen molar-refractivity contribution in [2.24, 2.45) is 5.73 Å². The number of nitrogens with two attached hydrogens (primary N) is 1. The van der Waals surface area contributed by atoms with E-state index in [1.807, 2.05) is 0 Å². The van der Waals surface area contributed by atoms with Gasteiger partial charge in [-0.3, -0.25) is 0 Å². The molecule has 0 radical (unpaired) electrons. The van der Waals surface area contributed by atoms with E-state index in [0.717, 1.165) is 25.9 Å². The topological polar surface area (TPSA) is 38.0 Å². The number of unbranched alkanes of at least 4 members (excludes halogenated alkanes) is 1. The number of rotatable bonds is 6. The Hall–Kier alpha value is -0.860. The minimum absolute atomic E-state index is 0.232. The molecule has 1 rings (SSSR count). The maximum Gasteiger partial charge on any atom is 0.0291 e. The first-order valence-corrected chi connectivity index (χ1v) is 6.99. The minimum atomic E-state index is 0.232. The van der Waals surface area contributed by atoms with Crippen LogP contribution in [0.1, 0.15) is 57.7 Å². The molecule has 0 bridgehead atoms. The fourth-order valence-corrected chi connectivity index (χ4v) is 1.98. The van der Waals surface area contributed by atoms with Gasteiger partial charge in [-0.15, -0.1) is 0 Å². The van der Waals surface area contributed by atoms with E-state index in [1.54, 1.807) is 0 Å². The summed E-state index contributed by atoms with van der Waals surface area (Å²) in [6.45, 7) is 10.8. The van der Waals surface area contributed by atoms with E-state index >= 15 is 0 Å². The van der Waals surface area contributed by atoms with E-state index < -0.39 is 0 Å². The van der Waals surface area contributed by atoms with Crippen LogP contribution in [0.15, 0.2) is 24.3 Å². The molecule has 0 saturated carbocycles. The van der Waals surface area contributed by atoms with Crippen LogP contribution in [-0.4, -0.2) is 13.1 Å². The Morgan fingerprint density at radius 3 is 2.22 bits per heavy atom. The van der Waals surface area contributed by atoms with Crippen molar-refractivity contribution < 1.29 is 0 Å². The lowest BCUT2D eigenvalue weighted by molar-refractivity contribution is 0.547. The second-order valence-electron chi connectivity index (χ2n) is 6.04. The Labute approximate surface area is 112 Å². The lowest BCUT2D eigenvalue weighted by atomic mass is 9.86. The quantitative estimate of drug-likeness (QED) is 0.757. The van der Waals surface area contributed by atoms with Crippen LogP contribution in [0.4, 0.5) is 0 Å². The van der Waals surface area contributed by atoms with Crippen LogP contribution in [0.5, 0.6) is 0 Å². The van der Waals surface area contributed by atoms with Crippen molar-refractivity contribution in [2.45, 2.75) is 52.0 Å². The number of nitrogens with one attached hydrogen (secondary N) is 1. The summed E-state index contributed by atoms with van der Waals surface area (Å²) in [4.78, 5) is 0. The fraction of sp³-hybridized carbons (Fsp3) is 0.625. The highest BCUT2D eigenvalue weighted by molar-refractivity contribution is 5.28. The van der Waals surface area contributed by atoms with Crippen LogP contribution in [0.3, 0.4) is 0 Å². The largest absolute Gasteiger partial charge is 0.330 e. The molecule has 1 aromatic rings. The van der Waals surface area contributed by atoms with Gasteiger partial charge >= 0.3 is 0 Å². The Balaban J connectivity index is 2.51.